The van der Waals surface area contributed by atoms with E-state index in [0.29, 0.717) is 6.54 Å². The van der Waals surface area contributed by atoms with Gasteiger partial charge in [0.15, 0.2) is 0 Å². The van der Waals surface area contributed by atoms with Crippen molar-refractivity contribution in [3.63, 3.8) is 0 Å². The van der Waals surface area contributed by atoms with E-state index in [9.17, 15) is 18.3 Å². The SMILES string of the molecule is NC(=O)c1cc(S(=O)(=O)c2ccc(CCCNC[C@@H](O)c3ccccc3)cc2)ccc1OCc1ccccc1. The zero-order valence-electron chi connectivity index (χ0n) is 21.5. The van der Waals surface area contributed by atoms with Gasteiger partial charge in [0.2, 0.25) is 9.84 Å². The molecule has 4 N–H and O–H groups in total. The molecule has 0 bridgehead atoms. The van der Waals surface area contributed by atoms with Crippen LogP contribution in [0, 0.1) is 0 Å². The third-order valence-electron chi connectivity index (χ3n) is 6.34. The number of nitrogens with two attached hydrogens (primary N) is 1. The number of benzene rings is 4. The van der Waals surface area contributed by atoms with Gasteiger partial charge in [-0.05, 0) is 66.4 Å². The number of primary amides is 1. The second-order valence-corrected chi connectivity index (χ2v) is 11.1. The molecule has 0 saturated heterocycles. The number of nitrogens with one attached hydrogen (secondary N) is 1. The molecule has 39 heavy (non-hydrogen) atoms. The molecule has 7 nitrogen and oxygen atoms in total. The van der Waals surface area contributed by atoms with Crippen molar-refractivity contribution in [2.75, 3.05) is 13.1 Å². The number of carbonyl (C=O) groups excluding carboxylic acids is 1. The molecule has 0 aliphatic carbocycles. The third-order valence-corrected chi connectivity index (χ3v) is 8.11. The molecule has 4 aromatic rings. The van der Waals surface area contributed by atoms with Crippen LogP contribution in [-0.4, -0.2) is 32.5 Å². The Morgan fingerprint density at radius 3 is 2.15 bits per heavy atom. The molecule has 202 valence electrons. The number of aliphatic hydroxyl groups excluding tert-OH is 1. The Hall–Kier alpha value is -3.98. The van der Waals surface area contributed by atoms with E-state index in [-0.39, 0.29) is 27.7 Å². The van der Waals surface area contributed by atoms with Gasteiger partial charge in [-0.3, -0.25) is 4.79 Å². The third kappa shape index (κ3) is 7.54. The van der Waals surface area contributed by atoms with Crippen LogP contribution in [0.5, 0.6) is 5.75 Å². The van der Waals surface area contributed by atoms with Crippen molar-refractivity contribution in [1.29, 1.82) is 0 Å². The van der Waals surface area contributed by atoms with Crippen LogP contribution in [0.3, 0.4) is 0 Å². The summed E-state index contributed by atoms with van der Waals surface area (Å²) in [5.74, 6) is -0.541. The summed E-state index contributed by atoms with van der Waals surface area (Å²) in [6.07, 6.45) is 1.03. The van der Waals surface area contributed by atoms with Crippen LogP contribution in [-0.2, 0) is 22.9 Å². The predicted molar refractivity (Wildman–Crippen MR) is 150 cm³/mol. The summed E-state index contributed by atoms with van der Waals surface area (Å²) in [5.41, 5.74) is 8.33. The molecule has 0 aromatic heterocycles. The summed E-state index contributed by atoms with van der Waals surface area (Å²) >= 11 is 0. The van der Waals surface area contributed by atoms with Gasteiger partial charge in [-0.25, -0.2) is 8.42 Å². The Morgan fingerprint density at radius 2 is 1.49 bits per heavy atom. The summed E-state index contributed by atoms with van der Waals surface area (Å²) in [6, 6.07) is 29.8. The number of sulfone groups is 1. The Labute approximate surface area is 229 Å². The highest BCUT2D eigenvalue weighted by Gasteiger charge is 2.21. The summed E-state index contributed by atoms with van der Waals surface area (Å²) in [6.45, 7) is 1.40. The first kappa shape index (κ1) is 28.0. The van der Waals surface area contributed by atoms with E-state index < -0.39 is 21.8 Å². The summed E-state index contributed by atoms with van der Waals surface area (Å²) in [7, 11) is -3.86. The van der Waals surface area contributed by atoms with Crippen LogP contribution >= 0.6 is 0 Å². The second-order valence-electron chi connectivity index (χ2n) is 9.18. The maximum atomic E-state index is 13.3. The van der Waals surface area contributed by atoms with Crippen molar-refractivity contribution >= 4 is 15.7 Å². The van der Waals surface area contributed by atoms with Gasteiger partial charge in [0.1, 0.15) is 12.4 Å². The Balaban J connectivity index is 1.34. The largest absolute Gasteiger partial charge is 0.488 e. The molecule has 1 atom stereocenters. The Morgan fingerprint density at radius 1 is 0.846 bits per heavy atom. The van der Waals surface area contributed by atoms with E-state index in [1.54, 1.807) is 24.3 Å². The molecular formula is C31H32N2O5S. The van der Waals surface area contributed by atoms with Gasteiger partial charge in [0.25, 0.3) is 5.91 Å². The first-order valence-corrected chi connectivity index (χ1v) is 14.2. The van der Waals surface area contributed by atoms with E-state index in [4.69, 9.17) is 10.5 Å². The lowest BCUT2D eigenvalue weighted by Gasteiger charge is -2.13. The predicted octanol–water partition coefficient (Wildman–Crippen LogP) is 4.45. The summed E-state index contributed by atoms with van der Waals surface area (Å²) < 4.78 is 32.3. The van der Waals surface area contributed by atoms with Crippen LogP contribution < -0.4 is 15.8 Å². The first-order valence-electron chi connectivity index (χ1n) is 12.7. The van der Waals surface area contributed by atoms with Crippen molar-refractivity contribution in [2.24, 2.45) is 5.73 Å². The van der Waals surface area contributed by atoms with Gasteiger partial charge >= 0.3 is 0 Å². The minimum atomic E-state index is -3.86. The Kier molecular flexibility index (Phi) is 9.49. The lowest BCUT2D eigenvalue weighted by Crippen LogP contribution is -2.22. The minimum Gasteiger partial charge on any atom is -0.488 e. The van der Waals surface area contributed by atoms with E-state index in [0.717, 1.165) is 36.1 Å². The molecule has 0 heterocycles. The van der Waals surface area contributed by atoms with E-state index >= 15 is 0 Å². The van der Waals surface area contributed by atoms with Gasteiger partial charge in [-0.15, -0.1) is 0 Å². The van der Waals surface area contributed by atoms with E-state index in [1.807, 2.05) is 60.7 Å². The molecule has 0 spiro atoms. The number of aliphatic hydroxyl groups is 1. The molecule has 0 radical (unpaired) electrons. The van der Waals surface area contributed by atoms with Crippen molar-refractivity contribution < 1.29 is 23.1 Å². The molecular weight excluding hydrogens is 512 g/mol. The zero-order chi connectivity index (χ0) is 27.7. The number of hydrogen-bond donors (Lipinski definition) is 3. The maximum Gasteiger partial charge on any atom is 0.252 e. The van der Waals surface area contributed by atoms with Gasteiger partial charge in [0, 0.05) is 6.54 Å². The normalized spacial score (nSPS) is 12.1. The molecule has 8 heteroatoms. The summed E-state index contributed by atoms with van der Waals surface area (Å²) in [5, 5.41) is 13.5. The van der Waals surface area contributed by atoms with Crippen molar-refractivity contribution in [3.05, 3.63) is 125 Å². The fourth-order valence-electron chi connectivity index (χ4n) is 4.15. The number of aryl methyl sites for hydroxylation is 1. The fourth-order valence-corrected chi connectivity index (χ4v) is 5.44. The summed E-state index contributed by atoms with van der Waals surface area (Å²) in [4.78, 5) is 12.2. The topological polar surface area (TPSA) is 119 Å². The molecule has 0 unspecified atom stereocenters. The average Bonchev–Trinajstić information content (AvgIpc) is 2.97. The molecule has 4 rings (SSSR count). The van der Waals surface area contributed by atoms with Crippen LogP contribution in [0.15, 0.2) is 113 Å². The highest BCUT2D eigenvalue weighted by Crippen LogP contribution is 2.28. The lowest BCUT2D eigenvalue weighted by molar-refractivity contribution is 0.0995. The molecule has 0 fully saturated rings. The maximum absolute atomic E-state index is 13.3. The average molecular weight is 545 g/mol. The smallest absolute Gasteiger partial charge is 0.252 e. The van der Waals surface area contributed by atoms with Crippen LogP contribution in [0.1, 0.15) is 39.6 Å². The highest BCUT2D eigenvalue weighted by atomic mass is 32.2. The number of rotatable bonds is 13. The number of amides is 1. The Bertz CT molecular complexity index is 1470. The lowest BCUT2D eigenvalue weighted by atomic mass is 10.1. The number of hydrogen-bond acceptors (Lipinski definition) is 6. The van der Waals surface area contributed by atoms with E-state index in [2.05, 4.69) is 5.32 Å². The van der Waals surface area contributed by atoms with Gasteiger partial charge in [-0.2, -0.15) is 0 Å². The second kappa shape index (κ2) is 13.2. The van der Waals surface area contributed by atoms with Crippen LogP contribution in [0.4, 0.5) is 0 Å². The van der Waals surface area contributed by atoms with Crippen LogP contribution in [0.25, 0.3) is 0 Å². The van der Waals surface area contributed by atoms with Gasteiger partial charge in [0.05, 0.1) is 21.5 Å². The van der Waals surface area contributed by atoms with Gasteiger partial charge < -0.3 is 20.9 Å². The van der Waals surface area contributed by atoms with Crippen molar-refractivity contribution in [3.8, 4) is 5.75 Å². The number of ether oxygens (including phenoxy) is 1. The van der Waals surface area contributed by atoms with Crippen LogP contribution in [0.2, 0.25) is 0 Å². The fraction of sp³-hybridized carbons (Fsp3) is 0.194. The van der Waals surface area contributed by atoms with E-state index in [1.165, 1.54) is 18.2 Å². The van der Waals surface area contributed by atoms with Crippen molar-refractivity contribution in [2.45, 2.75) is 35.3 Å². The minimum absolute atomic E-state index is 0.00788. The van der Waals surface area contributed by atoms with Gasteiger partial charge in [-0.1, -0.05) is 72.8 Å². The molecule has 1 amide bonds. The molecule has 4 aromatic carbocycles. The quantitative estimate of drug-likeness (QED) is 0.214. The molecule has 0 saturated carbocycles. The number of carbonyl (C=O) groups is 1. The van der Waals surface area contributed by atoms with Crippen molar-refractivity contribution in [1.82, 2.24) is 5.32 Å². The highest BCUT2D eigenvalue weighted by molar-refractivity contribution is 7.91. The molecule has 0 aliphatic rings. The first-order chi connectivity index (χ1) is 18.8. The molecule has 0 aliphatic heterocycles. The monoisotopic (exact) mass is 544 g/mol. The standard InChI is InChI=1S/C31H32N2O5S/c32-31(35)28-20-27(17-18-30(28)38-22-24-8-3-1-4-9-24)39(36,37)26-15-13-23(14-16-26)10-7-19-33-21-29(34)25-11-5-2-6-12-25/h1-6,8-9,11-18,20,29,33-34H,7,10,19,21-22H2,(H2,32,35)/t29-/m1/s1. The zero-order valence-corrected chi connectivity index (χ0v) is 22.3.